The fourth-order valence-electron chi connectivity index (χ4n) is 2.03. The van der Waals surface area contributed by atoms with Gasteiger partial charge in [-0.25, -0.2) is 10.6 Å². The molecule has 14 heavy (non-hydrogen) atoms. The van der Waals surface area contributed by atoms with Crippen LogP contribution in [0.5, 0.6) is 0 Å². The number of hydrogen-bond donors (Lipinski definition) is 3. The summed E-state index contributed by atoms with van der Waals surface area (Å²) in [5.74, 6) is 5.09. The molecule has 0 aromatic carbocycles. The number of amides is 2. The SMILES string of the molecule is NNC(=O)N(CCO)C1CCCCC1. The van der Waals surface area contributed by atoms with Crippen LogP contribution < -0.4 is 11.3 Å². The minimum Gasteiger partial charge on any atom is -0.395 e. The summed E-state index contributed by atoms with van der Waals surface area (Å²) in [6, 6.07) is -0.0367. The zero-order chi connectivity index (χ0) is 10.4. The lowest BCUT2D eigenvalue weighted by Crippen LogP contribution is -2.50. The number of nitrogens with two attached hydrogens (primary N) is 1. The Hall–Kier alpha value is -0.810. The fourth-order valence-corrected chi connectivity index (χ4v) is 2.03. The highest BCUT2D eigenvalue weighted by atomic mass is 16.3. The zero-order valence-electron chi connectivity index (χ0n) is 8.41. The number of aliphatic hydroxyl groups is 1. The molecular weight excluding hydrogens is 182 g/mol. The molecule has 0 aliphatic heterocycles. The van der Waals surface area contributed by atoms with Crippen molar-refractivity contribution in [2.24, 2.45) is 5.84 Å². The van der Waals surface area contributed by atoms with Crippen molar-refractivity contribution >= 4 is 6.03 Å². The zero-order valence-corrected chi connectivity index (χ0v) is 8.41. The van der Waals surface area contributed by atoms with Crippen LogP contribution in [0.1, 0.15) is 32.1 Å². The monoisotopic (exact) mass is 201 g/mol. The molecule has 0 saturated heterocycles. The summed E-state index contributed by atoms with van der Waals surface area (Å²) in [6.07, 6.45) is 5.60. The van der Waals surface area contributed by atoms with Gasteiger partial charge in [0.05, 0.1) is 6.61 Å². The quantitative estimate of drug-likeness (QED) is 0.346. The summed E-state index contributed by atoms with van der Waals surface area (Å²) in [7, 11) is 0. The highest BCUT2D eigenvalue weighted by molar-refractivity contribution is 5.73. The van der Waals surface area contributed by atoms with E-state index in [1.165, 1.54) is 6.42 Å². The van der Waals surface area contributed by atoms with E-state index in [0.717, 1.165) is 25.7 Å². The minimum atomic E-state index is -0.286. The van der Waals surface area contributed by atoms with Gasteiger partial charge in [0, 0.05) is 12.6 Å². The number of urea groups is 1. The van der Waals surface area contributed by atoms with Crippen LogP contribution in [-0.2, 0) is 0 Å². The molecule has 2 amide bonds. The van der Waals surface area contributed by atoms with E-state index in [1.807, 2.05) is 0 Å². The maximum atomic E-state index is 11.4. The van der Waals surface area contributed by atoms with Gasteiger partial charge in [-0.15, -0.1) is 0 Å². The summed E-state index contributed by atoms with van der Waals surface area (Å²) in [4.78, 5) is 13.0. The number of hydrazine groups is 1. The molecule has 0 unspecified atom stereocenters. The van der Waals surface area contributed by atoms with Crippen molar-refractivity contribution in [2.75, 3.05) is 13.2 Å². The van der Waals surface area contributed by atoms with Gasteiger partial charge < -0.3 is 10.0 Å². The van der Waals surface area contributed by atoms with E-state index in [1.54, 1.807) is 4.90 Å². The molecule has 82 valence electrons. The molecule has 0 heterocycles. The Labute approximate surface area is 84.2 Å². The molecule has 0 radical (unpaired) electrons. The molecule has 0 atom stereocenters. The van der Waals surface area contributed by atoms with E-state index in [4.69, 9.17) is 10.9 Å². The average molecular weight is 201 g/mol. The summed E-state index contributed by atoms with van der Waals surface area (Å²) >= 11 is 0. The van der Waals surface area contributed by atoms with Crippen LogP contribution in [0.15, 0.2) is 0 Å². The highest BCUT2D eigenvalue weighted by Gasteiger charge is 2.24. The van der Waals surface area contributed by atoms with Crippen molar-refractivity contribution in [3.8, 4) is 0 Å². The Balaban J connectivity index is 2.50. The second-order valence-corrected chi connectivity index (χ2v) is 3.66. The van der Waals surface area contributed by atoms with Crippen molar-refractivity contribution in [1.29, 1.82) is 0 Å². The van der Waals surface area contributed by atoms with E-state index in [9.17, 15) is 4.79 Å². The van der Waals surface area contributed by atoms with Gasteiger partial charge in [-0.3, -0.25) is 5.43 Å². The van der Waals surface area contributed by atoms with Crippen LogP contribution in [0.2, 0.25) is 0 Å². The highest BCUT2D eigenvalue weighted by Crippen LogP contribution is 2.22. The standard InChI is InChI=1S/C9H19N3O2/c10-11-9(14)12(6-7-13)8-4-2-1-3-5-8/h8,13H,1-7,10H2,(H,11,14). The number of nitrogens with zero attached hydrogens (tertiary/aromatic N) is 1. The fraction of sp³-hybridized carbons (Fsp3) is 0.889. The van der Waals surface area contributed by atoms with Crippen LogP contribution in [0.25, 0.3) is 0 Å². The topological polar surface area (TPSA) is 78.6 Å². The normalized spacial score (nSPS) is 17.9. The molecule has 4 N–H and O–H groups in total. The first kappa shape index (κ1) is 11.3. The van der Waals surface area contributed by atoms with Gasteiger partial charge in [-0.2, -0.15) is 0 Å². The average Bonchev–Trinajstić information content (AvgIpc) is 2.26. The Bertz CT molecular complexity index is 181. The first-order chi connectivity index (χ1) is 6.79. The van der Waals surface area contributed by atoms with Crippen molar-refractivity contribution in [3.63, 3.8) is 0 Å². The van der Waals surface area contributed by atoms with E-state index in [0.29, 0.717) is 6.54 Å². The van der Waals surface area contributed by atoms with Crippen molar-refractivity contribution in [2.45, 2.75) is 38.1 Å². The molecule has 0 spiro atoms. The Kier molecular flexibility index (Phi) is 4.69. The third-order valence-electron chi connectivity index (χ3n) is 2.74. The summed E-state index contributed by atoms with van der Waals surface area (Å²) in [5.41, 5.74) is 2.12. The second kappa shape index (κ2) is 5.82. The Morgan fingerprint density at radius 3 is 2.57 bits per heavy atom. The number of carbonyl (C=O) groups excluding carboxylic acids is 1. The summed E-state index contributed by atoms with van der Waals surface area (Å²) in [6.45, 7) is 0.359. The molecule has 1 saturated carbocycles. The van der Waals surface area contributed by atoms with Crippen molar-refractivity contribution < 1.29 is 9.90 Å². The number of carbonyl (C=O) groups is 1. The first-order valence-corrected chi connectivity index (χ1v) is 5.17. The molecule has 0 bridgehead atoms. The van der Waals surface area contributed by atoms with Crippen LogP contribution in [0.4, 0.5) is 4.79 Å². The van der Waals surface area contributed by atoms with Gasteiger partial charge in [0.15, 0.2) is 0 Å². The lowest BCUT2D eigenvalue weighted by molar-refractivity contribution is 0.135. The lowest BCUT2D eigenvalue weighted by atomic mass is 9.94. The van der Waals surface area contributed by atoms with E-state index in [-0.39, 0.29) is 18.7 Å². The Morgan fingerprint density at radius 1 is 1.43 bits per heavy atom. The number of hydrogen-bond acceptors (Lipinski definition) is 3. The first-order valence-electron chi connectivity index (χ1n) is 5.17. The van der Waals surface area contributed by atoms with Gasteiger partial charge in [-0.1, -0.05) is 19.3 Å². The molecule has 1 aliphatic rings. The molecule has 1 rings (SSSR count). The van der Waals surface area contributed by atoms with Crippen molar-refractivity contribution in [1.82, 2.24) is 10.3 Å². The van der Waals surface area contributed by atoms with E-state index in [2.05, 4.69) is 5.43 Å². The molecule has 5 nitrogen and oxygen atoms in total. The second-order valence-electron chi connectivity index (χ2n) is 3.66. The maximum Gasteiger partial charge on any atom is 0.331 e. The number of rotatable bonds is 3. The van der Waals surface area contributed by atoms with Crippen LogP contribution in [-0.4, -0.2) is 35.2 Å². The van der Waals surface area contributed by atoms with Crippen molar-refractivity contribution in [3.05, 3.63) is 0 Å². The van der Waals surface area contributed by atoms with E-state index < -0.39 is 0 Å². The largest absolute Gasteiger partial charge is 0.395 e. The molecule has 5 heteroatoms. The van der Waals surface area contributed by atoms with Crippen LogP contribution >= 0.6 is 0 Å². The molecular formula is C9H19N3O2. The van der Waals surface area contributed by atoms with Gasteiger partial charge in [-0.05, 0) is 12.8 Å². The molecule has 1 fully saturated rings. The molecule has 0 aromatic rings. The predicted octanol–water partition coefficient (Wildman–Crippen LogP) is 0.197. The molecule has 0 aromatic heterocycles. The maximum absolute atomic E-state index is 11.4. The smallest absolute Gasteiger partial charge is 0.331 e. The van der Waals surface area contributed by atoms with Gasteiger partial charge in [0.2, 0.25) is 0 Å². The van der Waals surface area contributed by atoms with Gasteiger partial charge >= 0.3 is 6.03 Å². The van der Waals surface area contributed by atoms with Crippen LogP contribution in [0, 0.1) is 0 Å². The molecule has 1 aliphatic carbocycles. The number of aliphatic hydroxyl groups excluding tert-OH is 1. The van der Waals surface area contributed by atoms with Gasteiger partial charge in [0.1, 0.15) is 0 Å². The lowest BCUT2D eigenvalue weighted by Gasteiger charge is -2.33. The Morgan fingerprint density at radius 2 is 2.07 bits per heavy atom. The number of nitrogens with one attached hydrogen (secondary N) is 1. The summed E-state index contributed by atoms with van der Waals surface area (Å²) < 4.78 is 0. The third-order valence-corrected chi connectivity index (χ3v) is 2.74. The van der Waals surface area contributed by atoms with Gasteiger partial charge in [0.25, 0.3) is 0 Å². The predicted molar refractivity (Wildman–Crippen MR) is 53.4 cm³/mol. The summed E-state index contributed by atoms with van der Waals surface area (Å²) in [5, 5.41) is 8.85. The third kappa shape index (κ3) is 2.85. The van der Waals surface area contributed by atoms with Crippen LogP contribution in [0.3, 0.4) is 0 Å². The minimum absolute atomic E-state index is 0.0100. The van der Waals surface area contributed by atoms with E-state index >= 15 is 0 Å².